The van der Waals surface area contributed by atoms with Gasteiger partial charge in [0.15, 0.2) is 0 Å². The Morgan fingerprint density at radius 1 is 1.00 bits per heavy atom. The Morgan fingerprint density at radius 2 is 1.50 bits per heavy atom. The van der Waals surface area contributed by atoms with Crippen molar-refractivity contribution in [1.82, 2.24) is 0 Å². The summed E-state index contributed by atoms with van der Waals surface area (Å²) in [6.07, 6.45) is 3.68. The first kappa shape index (κ1) is 9.96. The minimum absolute atomic E-state index is 0.315. The van der Waals surface area contributed by atoms with Gasteiger partial charge in [-0.05, 0) is 18.8 Å². The molecule has 0 aliphatic rings. The molecule has 61 valence electrons. The second-order valence-electron chi connectivity index (χ2n) is 2.95. The predicted molar refractivity (Wildman–Crippen MR) is 43.5 cm³/mol. The van der Waals surface area contributed by atoms with E-state index in [2.05, 4.69) is 13.8 Å². The third kappa shape index (κ3) is 3.89. The lowest BCUT2D eigenvalue weighted by molar-refractivity contribution is 0.0615. The van der Waals surface area contributed by atoms with Crippen molar-refractivity contribution in [3.05, 3.63) is 0 Å². The SMILES string of the molecule is CCC([O])CC(CC)CC. The van der Waals surface area contributed by atoms with Crippen LogP contribution < -0.4 is 0 Å². The lowest BCUT2D eigenvalue weighted by Crippen LogP contribution is -2.09. The summed E-state index contributed by atoms with van der Waals surface area (Å²) in [5, 5.41) is 11.0. The van der Waals surface area contributed by atoms with Gasteiger partial charge in [-0.25, -0.2) is 5.11 Å². The number of hydrogen-bond donors (Lipinski definition) is 0. The van der Waals surface area contributed by atoms with Crippen molar-refractivity contribution in [3.8, 4) is 0 Å². The fourth-order valence-corrected chi connectivity index (χ4v) is 1.16. The average molecular weight is 143 g/mol. The summed E-state index contributed by atoms with van der Waals surface area (Å²) in [4.78, 5) is 0. The predicted octanol–water partition coefficient (Wildman–Crippen LogP) is 3.02. The monoisotopic (exact) mass is 143 g/mol. The second-order valence-corrected chi connectivity index (χ2v) is 2.95. The van der Waals surface area contributed by atoms with Crippen LogP contribution in [0, 0.1) is 5.92 Å². The van der Waals surface area contributed by atoms with Crippen LogP contribution in [0.1, 0.15) is 46.5 Å². The topological polar surface area (TPSA) is 19.9 Å². The van der Waals surface area contributed by atoms with Crippen LogP contribution in [0.4, 0.5) is 0 Å². The first-order valence-corrected chi connectivity index (χ1v) is 4.40. The molecule has 0 aliphatic carbocycles. The van der Waals surface area contributed by atoms with Crippen molar-refractivity contribution >= 4 is 0 Å². The van der Waals surface area contributed by atoms with Gasteiger partial charge in [0.05, 0.1) is 6.10 Å². The Labute approximate surface area is 64.5 Å². The van der Waals surface area contributed by atoms with Crippen LogP contribution in [0.5, 0.6) is 0 Å². The highest BCUT2D eigenvalue weighted by molar-refractivity contribution is 4.60. The van der Waals surface area contributed by atoms with Crippen molar-refractivity contribution < 1.29 is 5.11 Å². The molecule has 1 radical (unpaired) electrons. The molecule has 0 aromatic heterocycles. The molecule has 0 rings (SSSR count). The number of rotatable bonds is 5. The van der Waals surface area contributed by atoms with Gasteiger partial charge < -0.3 is 0 Å². The van der Waals surface area contributed by atoms with E-state index in [0.717, 1.165) is 25.7 Å². The summed E-state index contributed by atoms with van der Waals surface area (Å²) in [5.41, 5.74) is 0. The lowest BCUT2D eigenvalue weighted by Gasteiger charge is -2.13. The van der Waals surface area contributed by atoms with Crippen molar-refractivity contribution in [3.63, 3.8) is 0 Å². The van der Waals surface area contributed by atoms with Crippen LogP contribution in [-0.4, -0.2) is 6.10 Å². The molecule has 1 unspecified atom stereocenters. The summed E-state index contributed by atoms with van der Waals surface area (Å²) in [6, 6.07) is 0. The van der Waals surface area contributed by atoms with Crippen LogP contribution in [-0.2, 0) is 5.11 Å². The highest BCUT2D eigenvalue weighted by Crippen LogP contribution is 2.16. The molecular weight excluding hydrogens is 124 g/mol. The van der Waals surface area contributed by atoms with E-state index in [9.17, 15) is 5.11 Å². The zero-order valence-corrected chi connectivity index (χ0v) is 7.39. The summed E-state index contributed by atoms with van der Waals surface area (Å²) >= 11 is 0. The molecule has 0 heterocycles. The third-order valence-electron chi connectivity index (χ3n) is 2.21. The van der Waals surface area contributed by atoms with E-state index >= 15 is 0 Å². The molecule has 0 amide bonds. The fourth-order valence-electron chi connectivity index (χ4n) is 1.16. The Bertz CT molecular complexity index is 67.1. The summed E-state index contributed by atoms with van der Waals surface area (Å²) in [5.74, 6) is 0.669. The van der Waals surface area contributed by atoms with E-state index in [4.69, 9.17) is 0 Å². The van der Waals surface area contributed by atoms with Crippen molar-refractivity contribution in [2.24, 2.45) is 5.92 Å². The van der Waals surface area contributed by atoms with Gasteiger partial charge in [0, 0.05) is 0 Å². The van der Waals surface area contributed by atoms with E-state index in [0.29, 0.717) is 5.92 Å². The van der Waals surface area contributed by atoms with Gasteiger partial charge >= 0.3 is 0 Å². The molecule has 0 aromatic rings. The maximum Gasteiger partial charge on any atom is 0.0930 e. The fraction of sp³-hybridized carbons (Fsp3) is 1.00. The number of hydrogen-bond acceptors (Lipinski definition) is 0. The second kappa shape index (κ2) is 5.72. The van der Waals surface area contributed by atoms with Gasteiger partial charge in [0.25, 0.3) is 0 Å². The zero-order chi connectivity index (χ0) is 7.98. The summed E-state index contributed by atoms with van der Waals surface area (Å²) in [7, 11) is 0. The third-order valence-corrected chi connectivity index (χ3v) is 2.21. The zero-order valence-electron chi connectivity index (χ0n) is 7.39. The van der Waals surface area contributed by atoms with Gasteiger partial charge in [0.2, 0.25) is 0 Å². The van der Waals surface area contributed by atoms with Crippen LogP contribution in [0.15, 0.2) is 0 Å². The molecule has 0 bridgehead atoms. The molecule has 0 saturated carbocycles. The van der Waals surface area contributed by atoms with Crippen LogP contribution in [0.2, 0.25) is 0 Å². The molecule has 1 atom stereocenters. The van der Waals surface area contributed by atoms with Crippen LogP contribution >= 0.6 is 0 Å². The normalized spacial score (nSPS) is 14.1. The van der Waals surface area contributed by atoms with E-state index < -0.39 is 0 Å². The van der Waals surface area contributed by atoms with Crippen LogP contribution in [0.25, 0.3) is 0 Å². The summed E-state index contributed by atoms with van der Waals surface area (Å²) in [6.45, 7) is 6.30. The van der Waals surface area contributed by atoms with Gasteiger partial charge in [0.1, 0.15) is 0 Å². The molecule has 0 aromatic carbocycles. The quantitative estimate of drug-likeness (QED) is 0.563. The van der Waals surface area contributed by atoms with Gasteiger partial charge in [-0.15, -0.1) is 0 Å². The first-order valence-electron chi connectivity index (χ1n) is 4.40. The highest BCUT2D eigenvalue weighted by atomic mass is 16.3. The van der Waals surface area contributed by atoms with Gasteiger partial charge in [-0.2, -0.15) is 0 Å². The van der Waals surface area contributed by atoms with E-state index in [1.165, 1.54) is 0 Å². The maximum absolute atomic E-state index is 11.0. The largest absolute Gasteiger partial charge is 0.233 e. The smallest absolute Gasteiger partial charge is 0.0930 e. The van der Waals surface area contributed by atoms with Crippen LogP contribution in [0.3, 0.4) is 0 Å². The lowest BCUT2D eigenvalue weighted by atomic mass is 9.95. The van der Waals surface area contributed by atoms with Crippen molar-refractivity contribution in [1.29, 1.82) is 0 Å². The Hall–Kier alpha value is -0.0400. The molecule has 0 saturated heterocycles. The van der Waals surface area contributed by atoms with Gasteiger partial charge in [-0.3, -0.25) is 0 Å². The van der Waals surface area contributed by atoms with Crippen molar-refractivity contribution in [2.45, 2.75) is 52.6 Å². The molecular formula is C9H19O. The first-order chi connectivity index (χ1) is 4.74. The molecule has 1 heteroatoms. The molecule has 10 heavy (non-hydrogen) atoms. The van der Waals surface area contributed by atoms with E-state index in [1.807, 2.05) is 6.92 Å². The average Bonchev–Trinajstić information content (AvgIpc) is 1.99. The summed E-state index contributed by atoms with van der Waals surface area (Å²) < 4.78 is 0. The van der Waals surface area contributed by atoms with E-state index in [1.54, 1.807) is 0 Å². The molecule has 0 N–H and O–H groups in total. The van der Waals surface area contributed by atoms with Crippen molar-refractivity contribution in [2.75, 3.05) is 0 Å². The Morgan fingerprint density at radius 3 is 1.80 bits per heavy atom. The molecule has 1 nitrogen and oxygen atoms in total. The Balaban J connectivity index is 3.41. The standard InChI is InChI=1S/C9H19O/c1-4-8(5-2)7-9(10)6-3/h8-9H,4-7H2,1-3H3. The van der Waals surface area contributed by atoms with Gasteiger partial charge in [-0.1, -0.05) is 33.6 Å². The van der Waals surface area contributed by atoms with E-state index in [-0.39, 0.29) is 6.10 Å². The maximum atomic E-state index is 11.0. The minimum Gasteiger partial charge on any atom is -0.233 e. The minimum atomic E-state index is -0.315. The molecule has 0 fully saturated rings. The molecule has 0 spiro atoms. The molecule has 0 aliphatic heterocycles. The Kier molecular flexibility index (Phi) is 5.70. The highest BCUT2D eigenvalue weighted by Gasteiger charge is 2.09.